The van der Waals surface area contributed by atoms with Crippen molar-refractivity contribution in [1.29, 1.82) is 0 Å². The predicted molar refractivity (Wildman–Crippen MR) is 103 cm³/mol. The van der Waals surface area contributed by atoms with Crippen LogP contribution in [0, 0.1) is 5.92 Å². The molecule has 8 nitrogen and oxygen atoms in total. The van der Waals surface area contributed by atoms with Gasteiger partial charge >= 0.3 is 0 Å². The van der Waals surface area contributed by atoms with E-state index in [1.807, 2.05) is 30.3 Å². The van der Waals surface area contributed by atoms with Gasteiger partial charge < -0.3 is 10.2 Å². The number of nitrogens with one attached hydrogen (secondary N) is 2. The number of nitrogens with zero attached hydrogens (tertiary/aromatic N) is 4. The van der Waals surface area contributed by atoms with Gasteiger partial charge in [-0.1, -0.05) is 41.9 Å². The number of hydrogen-bond acceptors (Lipinski definition) is 5. The maximum atomic E-state index is 12.6. The van der Waals surface area contributed by atoms with Crippen LogP contribution in [-0.2, 0) is 16.1 Å². The number of anilines is 1. The van der Waals surface area contributed by atoms with Crippen molar-refractivity contribution in [3.8, 4) is 11.4 Å². The van der Waals surface area contributed by atoms with Gasteiger partial charge in [0.25, 0.3) is 0 Å². The Bertz CT molecular complexity index is 990. The molecule has 2 aromatic carbocycles. The summed E-state index contributed by atoms with van der Waals surface area (Å²) in [6, 6.07) is 14.5. The van der Waals surface area contributed by atoms with Crippen LogP contribution in [0.4, 0.5) is 5.69 Å². The third kappa shape index (κ3) is 3.72. The fourth-order valence-corrected chi connectivity index (χ4v) is 3.38. The van der Waals surface area contributed by atoms with Crippen LogP contribution in [0.5, 0.6) is 0 Å². The monoisotopic (exact) mass is 396 g/mol. The SMILES string of the molecule is O=C(NCc1ccc(-c2nn[nH]n2)cc1)C1CCN(c2cccc(Cl)c2)C1=O. The molecule has 1 aliphatic rings. The quantitative estimate of drug-likeness (QED) is 0.643. The third-order valence-electron chi connectivity index (χ3n) is 4.67. The summed E-state index contributed by atoms with van der Waals surface area (Å²) in [5.41, 5.74) is 2.45. The fourth-order valence-electron chi connectivity index (χ4n) is 3.19. The zero-order chi connectivity index (χ0) is 19.5. The molecule has 0 aliphatic carbocycles. The lowest BCUT2D eigenvalue weighted by atomic mass is 10.1. The van der Waals surface area contributed by atoms with E-state index in [9.17, 15) is 9.59 Å². The minimum atomic E-state index is -0.683. The van der Waals surface area contributed by atoms with Crippen LogP contribution < -0.4 is 10.2 Å². The maximum absolute atomic E-state index is 12.6. The van der Waals surface area contributed by atoms with Crippen molar-refractivity contribution in [3.63, 3.8) is 0 Å². The van der Waals surface area contributed by atoms with Crippen LogP contribution in [0.25, 0.3) is 11.4 Å². The van der Waals surface area contributed by atoms with Crippen LogP contribution in [-0.4, -0.2) is 39.0 Å². The Morgan fingerprint density at radius 3 is 2.79 bits per heavy atom. The molecule has 1 saturated heterocycles. The van der Waals surface area contributed by atoms with Crippen molar-refractivity contribution in [2.24, 2.45) is 5.92 Å². The Morgan fingerprint density at radius 1 is 1.25 bits per heavy atom. The Kier molecular flexibility index (Phi) is 5.03. The molecule has 0 bridgehead atoms. The first-order valence-corrected chi connectivity index (χ1v) is 9.17. The first-order chi connectivity index (χ1) is 13.6. The highest BCUT2D eigenvalue weighted by atomic mass is 35.5. The van der Waals surface area contributed by atoms with Gasteiger partial charge in [-0.05, 0) is 35.4 Å². The summed E-state index contributed by atoms with van der Waals surface area (Å²) >= 11 is 6.00. The topological polar surface area (TPSA) is 104 Å². The van der Waals surface area contributed by atoms with E-state index in [-0.39, 0.29) is 11.8 Å². The Hall–Kier alpha value is -3.26. The fraction of sp³-hybridized carbons (Fsp3) is 0.211. The van der Waals surface area contributed by atoms with Crippen LogP contribution in [0.2, 0.25) is 5.02 Å². The van der Waals surface area contributed by atoms with Crippen molar-refractivity contribution in [2.75, 3.05) is 11.4 Å². The smallest absolute Gasteiger partial charge is 0.239 e. The molecular formula is C19H17ClN6O2. The van der Waals surface area contributed by atoms with Gasteiger partial charge in [-0.3, -0.25) is 9.59 Å². The van der Waals surface area contributed by atoms with Crippen molar-refractivity contribution in [3.05, 3.63) is 59.1 Å². The number of aromatic amines is 1. The number of carbonyl (C=O) groups excluding carboxylic acids is 2. The summed E-state index contributed by atoms with van der Waals surface area (Å²) < 4.78 is 0. The number of rotatable bonds is 5. The molecule has 28 heavy (non-hydrogen) atoms. The van der Waals surface area contributed by atoms with Crippen molar-refractivity contribution < 1.29 is 9.59 Å². The van der Waals surface area contributed by atoms with Gasteiger partial charge in [-0.15, -0.1) is 10.2 Å². The van der Waals surface area contributed by atoms with E-state index in [0.29, 0.717) is 36.0 Å². The van der Waals surface area contributed by atoms with E-state index in [0.717, 1.165) is 11.1 Å². The third-order valence-corrected chi connectivity index (χ3v) is 4.90. The molecule has 0 spiro atoms. The van der Waals surface area contributed by atoms with Crippen molar-refractivity contribution in [1.82, 2.24) is 25.9 Å². The largest absolute Gasteiger partial charge is 0.351 e. The van der Waals surface area contributed by atoms with E-state index < -0.39 is 5.92 Å². The summed E-state index contributed by atoms with van der Waals surface area (Å²) in [5, 5.41) is 17.2. The van der Waals surface area contributed by atoms with E-state index in [2.05, 4.69) is 25.9 Å². The molecule has 0 radical (unpaired) electrons. The molecule has 3 aromatic rings. The molecule has 4 rings (SSSR count). The standard InChI is InChI=1S/C19H17ClN6O2/c20-14-2-1-3-15(10-14)26-9-8-16(19(26)28)18(27)21-11-12-4-6-13(7-5-12)17-22-24-25-23-17/h1-7,10,16H,8-9,11H2,(H,21,27)(H,22,23,24,25). The summed E-state index contributed by atoms with van der Waals surface area (Å²) in [7, 11) is 0. The minimum absolute atomic E-state index is 0.202. The molecule has 2 N–H and O–H groups in total. The lowest BCUT2D eigenvalue weighted by Crippen LogP contribution is -2.36. The molecule has 1 unspecified atom stereocenters. The molecule has 2 heterocycles. The van der Waals surface area contributed by atoms with Gasteiger partial charge in [-0.25, -0.2) is 0 Å². The predicted octanol–water partition coefficient (Wildman–Crippen LogP) is 2.19. The summed E-state index contributed by atoms with van der Waals surface area (Å²) in [6.45, 7) is 0.836. The number of H-pyrrole nitrogens is 1. The molecule has 1 aromatic heterocycles. The molecular weight excluding hydrogens is 380 g/mol. The summed E-state index contributed by atoms with van der Waals surface area (Å²) in [6.07, 6.45) is 0.480. The number of halogens is 1. The number of carbonyl (C=O) groups is 2. The van der Waals surface area contributed by atoms with Crippen LogP contribution in [0.1, 0.15) is 12.0 Å². The van der Waals surface area contributed by atoms with E-state index in [1.165, 1.54) is 0 Å². The first kappa shape index (κ1) is 18.1. The molecule has 142 valence electrons. The molecule has 1 fully saturated rings. The summed E-state index contributed by atoms with van der Waals surface area (Å²) in [4.78, 5) is 26.8. The normalized spacial score (nSPS) is 16.4. The zero-order valence-electron chi connectivity index (χ0n) is 14.8. The second kappa shape index (κ2) is 7.77. The Balaban J connectivity index is 1.36. The van der Waals surface area contributed by atoms with Gasteiger partial charge in [0, 0.05) is 29.4 Å². The molecule has 0 saturated carbocycles. The molecule has 1 atom stereocenters. The molecule has 2 amide bonds. The Labute approximate surface area is 165 Å². The highest BCUT2D eigenvalue weighted by Crippen LogP contribution is 2.27. The van der Waals surface area contributed by atoms with Crippen LogP contribution in [0.15, 0.2) is 48.5 Å². The highest BCUT2D eigenvalue weighted by molar-refractivity contribution is 6.31. The highest BCUT2D eigenvalue weighted by Gasteiger charge is 2.37. The van der Waals surface area contributed by atoms with Gasteiger partial charge in [0.15, 0.2) is 0 Å². The van der Waals surface area contributed by atoms with Gasteiger partial charge in [0.2, 0.25) is 17.6 Å². The van der Waals surface area contributed by atoms with Crippen LogP contribution in [0.3, 0.4) is 0 Å². The number of hydrogen-bond donors (Lipinski definition) is 2. The number of benzene rings is 2. The van der Waals surface area contributed by atoms with E-state index in [4.69, 9.17) is 11.6 Å². The zero-order valence-corrected chi connectivity index (χ0v) is 15.6. The van der Waals surface area contributed by atoms with Gasteiger partial charge in [0.1, 0.15) is 5.92 Å². The minimum Gasteiger partial charge on any atom is -0.351 e. The van der Waals surface area contributed by atoms with Crippen molar-refractivity contribution in [2.45, 2.75) is 13.0 Å². The molecule has 1 aliphatic heterocycles. The van der Waals surface area contributed by atoms with E-state index in [1.54, 1.807) is 23.1 Å². The number of amides is 2. The second-order valence-corrected chi connectivity index (χ2v) is 6.90. The Morgan fingerprint density at radius 2 is 2.07 bits per heavy atom. The maximum Gasteiger partial charge on any atom is 0.239 e. The van der Waals surface area contributed by atoms with Crippen molar-refractivity contribution >= 4 is 29.1 Å². The average molecular weight is 397 g/mol. The molecule has 9 heteroatoms. The van der Waals surface area contributed by atoms with Gasteiger partial charge in [0.05, 0.1) is 0 Å². The lowest BCUT2D eigenvalue weighted by molar-refractivity contribution is -0.132. The summed E-state index contributed by atoms with van der Waals surface area (Å²) in [5.74, 6) is -0.644. The van der Waals surface area contributed by atoms with Gasteiger partial charge in [-0.2, -0.15) is 5.21 Å². The lowest BCUT2D eigenvalue weighted by Gasteiger charge is -2.17. The number of tetrazole rings is 1. The first-order valence-electron chi connectivity index (χ1n) is 8.79. The second-order valence-electron chi connectivity index (χ2n) is 6.46. The van der Waals surface area contributed by atoms with E-state index >= 15 is 0 Å². The number of aromatic nitrogens is 4. The van der Waals surface area contributed by atoms with Crippen LogP contribution >= 0.6 is 11.6 Å². The average Bonchev–Trinajstić information content (AvgIpc) is 3.36.